The van der Waals surface area contributed by atoms with Gasteiger partial charge in [-0.15, -0.1) is 12.4 Å². The number of ether oxygens (including phenoxy) is 1. The Bertz CT molecular complexity index is 1440. The number of halogens is 3. The SMILES string of the molecule is CN1CCN(CCOc2cnc(-c3cccc(Cn4nc(-c5cc(F)cc(F)c5)ccc4=O)c3)nc2)CC1.Cl. The van der Waals surface area contributed by atoms with E-state index in [0.29, 0.717) is 23.9 Å². The van der Waals surface area contributed by atoms with Gasteiger partial charge in [0.25, 0.3) is 5.56 Å². The van der Waals surface area contributed by atoms with Crippen molar-refractivity contribution in [3.63, 3.8) is 0 Å². The molecule has 1 aliphatic heterocycles. The zero-order chi connectivity index (χ0) is 26.5. The Kier molecular flexibility index (Phi) is 9.34. The average molecular weight is 555 g/mol. The standard InChI is InChI=1S/C28H28F2N6O2.ClH/c1-34-7-9-35(10-8-34)11-12-38-25-17-31-28(32-18-25)21-4-2-3-20(13-21)19-36-27(37)6-5-26(33-36)22-14-23(29)16-24(30)15-22;/h2-6,13-18H,7-12,19H2,1H3;1H. The minimum atomic E-state index is -0.710. The molecule has 0 N–H and O–H groups in total. The maximum atomic E-state index is 13.7. The summed E-state index contributed by atoms with van der Waals surface area (Å²) in [4.78, 5) is 26.0. The van der Waals surface area contributed by atoms with Gasteiger partial charge in [-0.2, -0.15) is 5.10 Å². The monoisotopic (exact) mass is 554 g/mol. The van der Waals surface area contributed by atoms with Crippen LogP contribution in [0.25, 0.3) is 22.6 Å². The van der Waals surface area contributed by atoms with E-state index in [4.69, 9.17) is 4.74 Å². The van der Waals surface area contributed by atoms with Crippen LogP contribution in [0.5, 0.6) is 5.75 Å². The van der Waals surface area contributed by atoms with E-state index < -0.39 is 11.6 Å². The van der Waals surface area contributed by atoms with Crippen LogP contribution in [0.4, 0.5) is 8.78 Å². The number of hydrogen-bond donors (Lipinski definition) is 0. The van der Waals surface area contributed by atoms with E-state index in [2.05, 4.69) is 31.9 Å². The second-order valence-electron chi connectivity index (χ2n) is 9.31. The number of rotatable bonds is 8. The lowest BCUT2D eigenvalue weighted by Gasteiger charge is -2.32. The van der Waals surface area contributed by atoms with Crippen molar-refractivity contribution >= 4 is 12.4 Å². The lowest BCUT2D eigenvalue weighted by atomic mass is 10.1. The molecule has 0 amide bonds. The molecule has 39 heavy (non-hydrogen) atoms. The van der Waals surface area contributed by atoms with Gasteiger partial charge in [-0.05, 0) is 36.9 Å². The molecule has 0 unspecified atom stereocenters. The summed E-state index contributed by atoms with van der Waals surface area (Å²) in [6.07, 6.45) is 3.32. The van der Waals surface area contributed by atoms with Gasteiger partial charge in [0.2, 0.25) is 0 Å². The molecule has 1 saturated heterocycles. The highest BCUT2D eigenvalue weighted by Gasteiger charge is 2.13. The highest BCUT2D eigenvalue weighted by molar-refractivity contribution is 5.85. The van der Waals surface area contributed by atoms with Crippen molar-refractivity contribution in [2.75, 3.05) is 46.4 Å². The first-order valence-electron chi connectivity index (χ1n) is 12.4. The topological polar surface area (TPSA) is 76.4 Å². The Balaban J connectivity index is 0.00000353. The maximum Gasteiger partial charge on any atom is 0.267 e. The Morgan fingerprint density at radius 1 is 0.897 bits per heavy atom. The van der Waals surface area contributed by atoms with Crippen LogP contribution in [0, 0.1) is 11.6 Å². The summed E-state index contributed by atoms with van der Waals surface area (Å²) in [7, 11) is 2.13. The molecule has 8 nitrogen and oxygen atoms in total. The number of aromatic nitrogens is 4. The Morgan fingerprint density at radius 2 is 1.62 bits per heavy atom. The van der Waals surface area contributed by atoms with Crippen LogP contribution in [0.1, 0.15) is 5.56 Å². The number of hydrogen-bond acceptors (Lipinski definition) is 7. The minimum Gasteiger partial charge on any atom is -0.489 e. The normalized spacial score (nSPS) is 14.1. The first kappa shape index (κ1) is 28.3. The van der Waals surface area contributed by atoms with Gasteiger partial charge in [-0.3, -0.25) is 9.69 Å². The Morgan fingerprint density at radius 3 is 2.33 bits per heavy atom. The number of likely N-dealkylation sites (N-methyl/N-ethyl adjacent to an activating group) is 1. The lowest BCUT2D eigenvalue weighted by molar-refractivity contribution is 0.133. The van der Waals surface area contributed by atoms with Crippen molar-refractivity contribution in [2.45, 2.75) is 6.54 Å². The average Bonchev–Trinajstić information content (AvgIpc) is 2.91. The first-order chi connectivity index (χ1) is 18.4. The maximum absolute atomic E-state index is 13.7. The van der Waals surface area contributed by atoms with Gasteiger partial charge in [0.05, 0.1) is 24.6 Å². The summed E-state index contributed by atoms with van der Waals surface area (Å²) >= 11 is 0. The third-order valence-electron chi connectivity index (χ3n) is 6.44. The van der Waals surface area contributed by atoms with E-state index in [1.807, 2.05) is 24.3 Å². The Labute approximate surface area is 231 Å². The molecule has 0 radical (unpaired) electrons. The Hall–Kier alpha value is -3.73. The van der Waals surface area contributed by atoms with E-state index in [9.17, 15) is 13.6 Å². The summed E-state index contributed by atoms with van der Waals surface area (Å²) in [5.74, 6) is -0.277. The van der Waals surface area contributed by atoms with Crippen LogP contribution in [-0.4, -0.2) is 75.9 Å². The fraction of sp³-hybridized carbons (Fsp3) is 0.286. The molecule has 4 aromatic rings. The zero-order valence-corrected chi connectivity index (χ0v) is 22.3. The summed E-state index contributed by atoms with van der Waals surface area (Å²) < 4.78 is 34.4. The van der Waals surface area contributed by atoms with Gasteiger partial charge in [0.15, 0.2) is 11.6 Å². The van der Waals surface area contributed by atoms with Crippen LogP contribution in [0.15, 0.2) is 71.8 Å². The van der Waals surface area contributed by atoms with E-state index in [1.54, 1.807) is 12.4 Å². The van der Waals surface area contributed by atoms with E-state index in [1.165, 1.54) is 28.9 Å². The predicted molar refractivity (Wildman–Crippen MR) is 147 cm³/mol. The highest BCUT2D eigenvalue weighted by atomic mass is 35.5. The molecule has 1 aliphatic rings. The third kappa shape index (κ3) is 7.44. The van der Waals surface area contributed by atoms with Gasteiger partial charge in [-0.1, -0.05) is 18.2 Å². The summed E-state index contributed by atoms with van der Waals surface area (Å²) in [5.41, 5.74) is 1.80. The molecule has 11 heteroatoms. The molecule has 0 aliphatic carbocycles. The summed E-state index contributed by atoms with van der Waals surface area (Å²) in [5, 5.41) is 4.32. The molecule has 5 rings (SSSR count). The third-order valence-corrected chi connectivity index (χ3v) is 6.44. The molecule has 0 atom stereocenters. The lowest BCUT2D eigenvalue weighted by Crippen LogP contribution is -2.45. The van der Waals surface area contributed by atoms with Gasteiger partial charge in [-0.25, -0.2) is 23.4 Å². The second-order valence-corrected chi connectivity index (χ2v) is 9.31. The molecule has 204 valence electrons. The van der Waals surface area contributed by atoms with Crippen molar-refractivity contribution in [3.8, 4) is 28.4 Å². The molecule has 1 fully saturated rings. The second kappa shape index (κ2) is 12.9. The van der Waals surface area contributed by atoms with Crippen molar-refractivity contribution in [3.05, 3.63) is 94.5 Å². The van der Waals surface area contributed by atoms with Gasteiger partial charge < -0.3 is 9.64 Å². The number of piperazine rings is 1. The first-order valence-corrected chi connectivity index (χ1v) is 12.4. The van der Waals surface area contributed by atoms with Gasteiger partial charge in [0, 0.05) is 56.0 Å². The van der Waals surface area contributed by atoms with Crippen LogP contribution < -0.4 is 10.3 Å². The zero-order valence-electron chi connectivity index (χ0n) is 21.5. The van der Waals surface area contributed by atoms with Crippen molar-refractivity contribution in [2.24, 2.45) is 0 Å². The smallest absolute Gasteiger partial charge is 0.267 e. The molecule has 0 spiro atoms. The molecule has 2 aromatic carbocycles. The fourth-order valence-corrected chi connectivity index (χ4v) is 4.30. The fourth-order valence-electron chi connectivity index (χ4n) is 4.30. The number of benzene rings is 2. The van der Waals surface area contributed by atoms with Crippen LogP contribution in [0.3, 0.4) is 0 Å². The van der Waals surface area contributed by atoms with Crippen molar-refractivity contribution in [1.82, 2.24) is 29.5 Å². The van der Waals surface area contributed by atoms with Crippen LogP contribution >= 0.6 is 12.4 Å². The molecular weight excluding hydrogens is 526 g/mol. The molecule has 0 bridgehead atoms. The summed E-state index contributed by atoms with van der Waals surface area (Å²) in [6, 6.07) is 13.4. The van der Waals surface area contributed by atoms with E-state index >= 15 is 0 Å². The number of nitrogens with zero attached hydrogens (tertiary/aromatic N) is 6. The largest absolute Gasteiger partial charge is 0.489 e. The minimum absolute atomic E-state index is 0. The predicted octanol–water partition coefficient (Wildman–Crippen LogP) is 3.74. The molecular formula is C28H29ClF2N6O2. The summed E-state index contributed by atoms with van der Waals surface area (Å²) in [6.45, 7) is 5.83. The van der Waals surface area contributed by atoms with Gasteiger partial charge >= 0.3 is 0 Å². The quantitative estimate of drug-likeness (QED) is 0.328. The van der Waals surface area contributed by atoms with Crippen molar-refractivity contribution < 1.29 is 13.5 Å². The van der Waals surface area contributed by atoms with E-state index in [0.717, 1.165) is 49.9 Å². The highest BCUT2D eigenvalue weighted by Crippen LogP contribution is 2.20. The molecule has 3 heterocycles. The van der Waals surface area contributed by atoms with Crippen LogP contribution in [-0.2, 0) is 6.54 Å². The molecule has 2 aromatic heterocycles. The van der Waals surface area contributed by atoms with Crippen molar-refractivity contribution in [1.29, 1.82) is 0 Å². The molecule has 0 saturated carbocycles. The van der Waals surface area contributed by atoms with Crippen LogP contribution in [0.2, 0.25) is 0 Å². The van der Waals surface area contributed by atoms with E-state index in [-0.39, 0.29) is 30.1 Å². The van der Waals surface area contributed by atoms with Gasteiger partial charge in [0.1, 0.15) is 18.2 Å².